The summed E-state index contributed by atoms with van der Waals surface area (Å²) >= 11 is 0. The van der Waals surface area contributed by atoms with Crippen molar-refractivity contribution >= 4 is 11.8 Å². The molecular formula is C19H25N3O2. The van der Waals surface area contributed by atoms with Gasteiger partial charge in [-0.3, -0.25) is 14.6 Å². The average Bonchev–Trinajstić information content (AvgIpc) is 3.14. The number of nitrogens with one attached hydrogen (secondary N) is 1. The molecule has 1 saturated carbocycles. The third-order valence-electron chi connectivity index (χ3n) is 4.96. The average molecular weight is 327 g/mol. The zero-order chi connectivity index (χ0) is 16.8. The van der Waals surface area contributed by atoms with Gasteiger partial charge in [-0.25, -0.2) is 0 Å². The number of piperidine rings is 1. The molecule has 24 heavy (non-hydrogen) atoms. The Bertz CT molecular complexity index is 586. The molecule has 0 atom stereocenters. The van der Waals surface area contributed by atoms with Crippen molar-refractivity contribution in [3.63, 3.8) is 0 Å². The van der Waals surface area contributed by atoms with E-state index in [2.05, 4.69) is 16.4 Å². The molecule has 2 heterocycles. The third-order valence-corrected chi connectivity index (χ3v) is 4.96. The van der Waals surface area contributed by atoms with Gasteiger partial charge in [0, 0.05) is 31.5 Å². The van der Waals surface area contributed by atoms with Gasteiger partial charge in [0.25, 0.3) is 5.91 Å². The fraction of sp³-hybridized carbons (Fsp3) is 0.526. The summed E-state index contributed by atoms with van der Waals surface area (Å²) in [4.78, 5) is 30.2. The Labute approximate surface area is 143 Å². The number of nitrogens with zero attached hydrogens (tertiary/aromatic N) is 2. The van der Waals surface area contributed by atoms with Crippen molar-refractivity contribution in [1.82, 2.24) is 15.2 Å². The Hall–Kier alpha value is -2.17. The van der Waals surface area contributed by atoms with Crippen molar-refractivity contribution in [1.29, 1.82) is 0 Å². The first-order valence-electron chi connectivity index (χ1n) is 8.90. The monoisotopic (exact) mass is 327 g/mol. The van der Waals surface area contributed by atoms with Crippen LogP contribution in [-0.2, 0) is 4.79 Å². The number of rotatable bonds is 4. The molecule has 2 aliphatic rings. The summed E-state index contributed by atoms with van der Waals surface area (Å²) in [7, 11) is 0. The molecular weight excluding hydrogens is 302 g/mol. The van der Waals surface area contributed by atoms with E-state index in [1.165, 1.54) is 25.7 Å². The van der Waals surface area contributed by atoms with E-state index in [-0.39, 0.29) is 17.9 Å². The van der Waals surface area contributed by atoms with Crippen LogP contribution in [0.2, 0.25) is 0 Å². The number of carbonyl (C=O) groups is 2. The number of amides is 2. The van der Waals surface area contributed by atoms with Gasteiger partial charge < -0.3 is 10.2 Å². The smallest absolute Gasteiger partial charge is 0.255 e. The predicted octanol–water partition coefficient (Wildman–Crippen LogP) is 2.55. The van der Waals surface area contributed by atoms with Gasteiger partial charge in [0.2, 0.25) is 5.91 Å². The van der Waals surface area contributed by atoms with E-state index in [9.17, 15) is 9.59 Å². The number of pyridine rings is 1. The largest absolute Gasteiger partial charge is 0.350 e. The van der Waals surface area contributed by atoms with Crippen molar-refractivity contribution in [2.45, 2.75) is 44.6 Å². The minimum atomic E-state index is -0.000985. The summed E-state index contributed by atoms with van der Waals surface area (Å²) in [5.74, 6) is 0.600. The lowest BCUT2D eigenvalue weighted by atomic mass is 10.0. The number of carbonyl (C=O) groups excluding carboxylic acids is 2. The van der Waals surface area contributed by atoms with Crippen LogP contribution in [0, 0.1) is 5.92 Å². The van der Waals surface area contributed by atoms with Crippen molar-refractivity contribution in [2.24, 2.45) is 5.92 Å². The van der Waals surface area contributed by atoms with Crippen LogP contribution >= 0.6 is 0 Å². The molecule has 1 aliphatic carbocycles. The van der Waals surface area contributed by atoms with Crippen LogP contribution in [0.1, 0.15) is 48.9 Å². The standard InChI is InChI=1S/C19H25N3O2/c23-18(8-7-15-4-1-2-5-15)21-17-9-12-22(13-10-17)19(24)16-6-3-11-20-14-16/h3,6-8,11,14-15,17H,1-2,4-5,9-10,12-13H2,(H,21,23)/b8-7+. The molecule has 0 unspecified atom stereocenters. The molecule has 3 rings (SSSR count). The molecule has 1 aromatic heterocycles. The minimum absolute atomic E-state index is 0.000985. The van der Waals surface area contributed by atoms with E-state index in [0.29, 0.717) is 24.6 Å². The van der Waals surface area contributed by atoms with Crippen LogP contribution in [-0.4, -0.2) is 40.8 Å². The maximum absolute atomic E-state index is 12.4. The lowest BCUT2D eigenvalue weighted by molar-refractivity contribution is -0.117. The fourth-order valence-electron chi connectivity index (χ4n) is 3.52. The zero-order valence-electron chi connectivity index (χ0n) is 14.0. The molecule has 2 amide bonds. The van der Waals surface area contributed by atoms with E-state index >= 15 is 0 Å². The Kier molecular flexibility index (Phi) is 5.62. The van der Waals surface area contributed by atoms with Gasteiger partial charge >= 0.3 is 0 Å². The van der Waals surface area contributed by atoms with Crippen LogP contribution in [0.5, 0.6) is 0 Å². The maximum Gasteiger partial charge on any atom is 0.255 e. The second-order valence-electron chi connectivity index (χ2n) is 6.72. The summed E-state index contributed by atoms with van der Waals surface area (Å²) in [5, 5.41) is 3.07. The van der Waals surface area contributed by atoms with Crippen molar-refractivity contribution in [3.8, 4) is 0 Å². The van der Waals surface area contributed by atoms with Crippen LogP contribution in [0.25, 0.3) is 0 Å². The molecule has 5 heteroatoms. The lowest BCUT2D eigenvalue weighted by Crippen LogP contribution is -2.46. The normalized spacial score (nSPS) is 19.8. The number of likely N-dealkylation sites (tertiary alicyclic amines) is 1. The molecule has 0 spiro atoms. The molecule has 1 aliphatic heterocycles. The Morgan fingerprint density at radius 1 is 1.17 bits per heavy atom. The van der Waals surface area contributed by atoms with Crippen molar-refractivity contribution in [3.05, 3.63) is 42.2 Å². The summed E-state index contributed by atoms with van der Waals surface area (Å²) in [6.07, 6.45) is 13.6. The molecule has 1 aromatic rings. The number of hydrogen-bond donors (Lipinski definition) is 1. The molecule has 1 saturated heterocycles. The van der Waals surface area contributed by atoms with Crippen LogP contribution < -0.4 is 5.32 Å². The van der Waals surface area contributed by atoms with E-state index < -0.39 is 0 Å². The van der Waals surface area contributed by atoms with Gasteiger partial charge in [0.1, 0.15) is 0 Å². The second-order valence-corrected chi connectivity index (χ2v) is 6.72. The van der Waals surface area contributed by atoms with Gasteiger partial charge in [-0.15, -0.1) is 0 Å². The number of allylic oxidation sites excluding steroid dienone is 1. The van der Waals surface area contributed by atoms with E-state index in [1.807, 2.05) is 4.90 Å². The summed E-state index contributed by atoms with van der Waals surface area (Å²) in [6.45, 7) is 1.34. The van der Waals surface area contributed by atoms with Gasteiger partial charge in [-0.05, 0) is 49.8 Å². The van der Waals surface area contributed by atoms with Gasteiger partial charge in [-0.2, -0.15) is 0 Å². The number of aromatic nitrogens is 1. The Balaban J connectivity index is 1.43. The van der Waals surface area contributed by atoms with Crippen LogP contribution in [0.4, 0.5) is 0 Å². The molecule has 0 radical (unpaired) electrons. The highest BCUT2D eigenvalue weighted by Gasteiger charge is 2.24. The van der Waals surface area contributed by atoms with E-state index in [4.69, 9.17) is 0 Å². The summed E-state index contributed by atoms with van der Waals surface area (Å²) in [6, 6.07) is 3.72. The predicted molar refractivity (Wildman–Crippen MR) is 92.4 cm³/mol. The van der Waals surface area contributed by atoms with Crippen LogP contribution in [0.15, 0.2) is 36.7 Å². The highest BCUT2D eigenvalue weighted by molar-refractivity contribution is 5.94. The lowest BCUT2D eigenvalue weighted by Gasteiger charge is -2.32. The maximum atomic E-state index is 12.4. The number of hydrogen-bond acceptors (Lipinski definition) is 3. The van der Waals surface area contributed by atoms with Gasteiger partial charge in [0.05, 0.1) is 5.56 Å². The first-order chi connectivity index (χ1) is 11.7. The highest BCUT2D eigenvalue weighted by Crippen LogP contribution is 2.25. The SMILES string of the molecule is O=C(/C=C/C1CCCC1)NC1CCN(C(=O)c2cccnc2)CC1. The molecule has 0 bridgehead atoms. The third kappa shape index (κ3) is 4.43. The Morgan fingerprint density at radius 3 is 2.58 bits per heavy atom. The van der Waals surface area contributed by atoms with Gasteiger partial charge in [-0.1, -0.05) is 18.9 Å². The summed E-state index contributed by atoms with van der Waals surface area (Å²) < 4.78 is 0. The second kappa shape index (κ2) is 8.08. The molecule has 5 nitrogen and oxygen atoms in total. The van der Waals surface area contributed by atoms with Gasteiger partial charge in [0.15, 0.2) is 0 Å². The zero-order valence-corrected chi connectivity index (χ0v) is 14.0. The molecule has 2 fully saturated rings. The first-order valence-corrected chi connectivity index (χ1v) is 8.90. The summed E-state index contributed by atoms with van der Waals surface area (Å²) in [5.41, 5.74) is 0.625. The van der Waals surface area contributed by atoms with Crippen molar-refractivity contribution < 1.29 is 9.59 Å². The highest BCUT2D eigenvalue weighted by atomic mass is 16.2. The minimum Gasteiger partial charge on any atom is -0.350 e. The molecule has 0 aromatic carbocycles. The van der Waals surface area contributed by atoms with E-state index in [0.717, 1.165) is 12.8 Å². The molecule has 128 valence electrons. The topological polar surface area (TPSA) is 62.3 Å². The van der Waals surface area contributed by atoms with Crippen molar-refractivity contribution in [2.75, 3.05) is 13.1 Å². The first kappa shape index (κ1) is 16.7. The van der Waals surface area contributed by atoms with E-state index in [1.54, 1.807) is 30.6 Å². The van der Waals surface area contributed by atoms with Crippen LogP contribution in [0.3, 0.4) is 0 Å². The fourth-order valence-corrected chi connectivity index (χ4v) is 3.52. The molecule has 1 N–H and O–H groups in total. The Morgan fingerprint density at radius 2 is 1.92 bits per heavy atom. The quantitative estimate of drug-likeness (QED) is 0.865.